The van der Waals surface area contributed by atoms with Gasteiger partial charge in [-0.15, -0.1) is 11.3 Å². The lowest BCUT2D eigenvalue weighted by atomic mass is 10.2. The molecule has 5 nitrogen and oxygen atoms in total. The number of methoxy groups -OCH3 is 1. The first kappa shape index (κ1) is 15.9. The molecule has 0 aliphatic carbocycles. The Balaban J connectivity index is 2.19. The molecule has 0 unspecified atom stereocenters. The number of nitrogens with one attached hydrogen (secondary N) is 1. The minimum Gasteiger partial charge on any atom is -0.378 e. The third-order valence-electron chi connectivity index (χ3n) is 3.16. The molecule has 6 heteroatoms. The molecule has 2 aromatic rings. The molecule has 0 radical (unpaired) electrons. The average molecular weight is 306 g/mol. The number of anilines is 1. The Bertz CT molecular complexity index is 520. The summed E-state index contributed by atoms with van der Waals surface area (Å²) >= 11 is 1.73. The summed E-state index contributed by atoms with van der Waals surface area (Å²) in [4.78, 5) is 12.3. The molecule has 0 spiro atoms. The lowest BCUT2D eigenvalue weighted by Crippen LogP contribution is -2.21. The number of aromatic nitrogens is 2. The van der Waals surface area contributed by atoms with Crippen molar-refractivity contribution in [2.24, 2.45) is 0 Å². The number of rotatable bonds is 8. The summed E-state index contributed by atoms with van der Waals surface area (Å²) < 4.78 is 5.25. The Morgan fingerprint density at radius 3 is 2.71 bits per heavy atom. The molecule has 0 saturated heterocycles. The van der Waals surface area contributed by atoms with E-state index in [-0.39, 0.29) is 0 Å². The smallest absolute Gasteiger partial charge is 0.186 e. The van der Waals surface area contributed by atoms with Crippen molar-refractivity contribution in [3.05, 3.63) is 40.7 Å². The van der Waals surface area contributed by atoms with Gasteiger partial charge in [0.1, 0.15) is 0 Å². The Morgan fingerprint density at radius 1 is 1.33 bits per heavy atom. The number of thiazole rings is 1. The van der Waals surface area contributed by atoms with E-state index in [2.05, 4.69) is 22.1 Å². The number of pyridine rings is 1. The summed E-state index contributed by atoms with van der Waals surface area (Å²) in [5.41, 5.74) is 2.27. The first-order valence-electron chi connectivity index (χ1n) is 7.04. The largest absolute Gasteiger partial charge is 0.378 e. The zero-order chi connectivity index (χ0) is 15.1. The molecule has 0 aliphatic rings. The summed E-state index contributed by atoms with van der Waals surface area (Å²) in [6.07, 6.45) is 3.65. The van der Waals surface area contributed by atoms with E-state index < -0.39 is 0 Å². The third kappa shape index (κ3) is 4.23. The van der Waals surface area contributed by atoms with Gasteiger partial charge in [-0.1, -0.05) is 0 Å². The van der Waals surface area contributed by atoms with E-state index >= 15 is 0 Å². The highest BCUT2D eigenvalue weighted by atomic mass is 32.1. The standard InChI is InChI=1S/C15H22N4OS/c1-4-19(10-12-5-7-17-8-6-12)15-18-13(11-20-3)14(21-15)9-16-2/h5-8,16H,4,9-11H2,1-3H3. The zero-order valence-electron chi connectivity index (χ0n) is 12.8. The summed E-state index contributed by atoms with van der Waals surface area (Å²) in [5, 5.41) is 4.24. The van der Waals surface area contributed by atoms with Crippen LogP contribution in [0.4, 0.5) is 5.13 Å². The second-order valence-electron chi connectivity index (χ2n) is 4.70. The van der Waals surface area contributed by atoms with Crippen LogP contribution in [0, 0.1) is 0 Å². The highest BCUT2D eigenvalue weighted by molar-refractivity contribution is 7.15. The van der Waals surface area contributed by atoms with Crippen molar-refractivity contribution < 1.29 is 4.74 Å². The van der Waals surface area contributed by atoms with Crippen LogP contribution in [0.1, 0.15) is 23.1 Å². The van der Waals surface area contributed by atoms with Crippen LogP contribution < -0.4 is 10.2 Å². The van der Waals surface area contributed by atoms with Crippen LogP contribution in [0.15, 0.2) is 24.5 Å². The Hall–Kier alpha value is -1.50. The molecule has 1 N–H and O–H groups in total. The lowest BCUT2D eigenvalue weighted by molar-refractivity contribution is 0.181. The molecule has 0 aliphatic heterocycles. The first-order valence-corrected chi connectivity index (χ1v) is 7.86. The van der Waals surface area contributed by atoms with Gasteiger partial charge in [-0.25, -0.2) is 4.98 Å². The van der Waals surface area contributed by atoms with E-state index in [1.165, 1.54) is 10.4 Å². The number of ether oxygens (including phenoxy) is 1. The fraction of sp³-hybridized carbons (Fsp3) is 0.467. The molecule has 2 aromatic heterocycles. The van der Waals surface area contributed by atoms with Crippen LogP contribution >= 0.6 is 11.3 Å². The maximum Gasteiger partial charge on any atom is 0.186 e. The summed E-state index contributed by atoms with van der Waals surface area (Å²) in [6.45, 7) is 5.29. The molecule has 2 heterocycles. The molecule has 21 heavy (non-hydrogen) atoms. The quantitative estimate of drug-likeness (QED) is 0.812. The van der Waals surface area contributed by atoms with E-state index in [0.29, 0.717) is 6.61 Å². The van der Waals surface area contributed by atoms with Gasteiger partial charge in [-0.05, 0) is 31.7 Å². The topological polar surface area (TPSA) is 50.3 Å². The molecule has 0 saturated carbocycles. The summed E-state index contributed by atoms with van der Waals surface area (Å²) in [6, 6.07) is 4.09. The number of nitrogens with zero attached hydrogens (tertiary/aromatic N) is 3. The molecule has 0 amide bonds. The monoisotopic (exact) mass is 306 g/mol. The third-order valence-corrected chi connectivity index (χ3v) is 4.32. The van der Waals surface area contributed by atoms with Crippen molar-refractivity contribution in [2.75, 3.05) is 25.6 Å². The summed E-state index contributed by atoms with van der Waals surface area (Å²) in [7, 11) is 3.65. The number of hydrogen-bond acceptors (Lipinski definition) is 6. The van der Waals surface area contributed by atoms with Gasteiger partial charge >= 0.3 is 0 Å². The van der Waals surface area contributed by atoms with Gasteiger partial charge in [0, 0.05) is 44.0 Å². The van der Waals surface area contributed by atoms with Gasteiger partial charge < -0.3 is 15.0 Å². The lowest BCUT2D eigenvalue weighted by Gasteiger charge is -2.19. The molecule has 0 aromatic carbocycles. The first-order chi connectivity index (χ1) is 10.3. The predicted octanol–water partition coefficient (Wildman–Crippen LogP) is 2.43. The minimum absolute atomic E-state index is 0.556. The SMILES string of the molecule is CCN(Cc1ccncc1)c1nc(COC)c(CNC)s1. The molecule has 0 bridgehead atoms. The van der Waals surface area contributed by atoms with Gasteiger partial charge in [-0.2, -0.15) is 0 Å². The predicted molar refractivity (Wildman–Crippen MR) is 86.6 cm³/mol. The van der Waals surface area contributed by atoms with E-state index in [1.807, 2.05) is 31.6 Å². The van der Waals surface area contributed by atoms with Crippen molar-refractivity contribution in [1.82, 2.24) is 15.3 Å². The zero-order valence-corrected chi connectivity index (χ0v) is 13.6. The van der Waals surface area contributed by atoms with Crippen molar-refractivity contribution in [2.45, 2.75) is 26.6 Å². The van der Waals surface area contributed by atoms with E-state index in [4.69, 9.17) is 9.72 Å². The van der Waals surface area contributed by atoms with E-state index in [1.54, 1.807) is 18.4 Å². The fourth-order valence-electron chi connectivity index (χ4n) is 2.08. The van der Waals surface area contributed by atoms with Crippen LogP contribution in [0.25, 0.3) is 0 Å². The van der Waals surface area contributed by atoms with Crippen LogP contribution in [0.2, 0.25) is 0 Å². The Morgan fingerprint density at radius 2 is 2.10 bits per heavy atom. The van der Waals surface area contributed by atoms with Crippen LogP contribution in [0.3, 0.4) is 0 Å². The minimum atomic E-state index is 0.556. The normalized spacial score (nSPS) is 10.8. The number of hydrogen-bond donors (Lipinski definition) is 1. The average Bonchev–Trinajstić information content (AvgIpc) is 2.89. The maximum atomic E-state index is 5.25. The van der Waals surface area contributed by atoms with E-state index in [9.17, 15) is 0 Å². The molecule has 114 valence electrons. The van der Waals surface area contributed by atoms with Crippen LogP contribution in [-0.2, 0) is 24.4 Å². The van der Waals surface area contributed by atoms with Gasteiger partial charge in [-0.3, -0.25) is 4.98 Å². The van der Waals surface area contributed by atoms with Gasteiger partial charge in [0.25, 0.3) is 0 Å². The Labute approximate surface area is 130 Å². The second-order valence-corrected chi connectivity index (χ2v) is 5.76. The fourth-order valence-corrected chi connectivity index (χ4v) is 3.21. The van der Waals surface area contributed by atoms with Gasteiger partial charge in [0.15, 0.2) is 5.13 Å². The molecular weight excluding hydrogens is 284 g/mol. The summed E-state index contributed by atoms with van der Waals surface area (Å²) in [5.74, 6) is 0. The van der Waals surface area contributed by atoms with Gasteiger partial charge in [0.05, 0.1) is 12.3 Å². The van der Waals surface area contributed by atoms with E-state index in [0.717, 1.165) is 30.5 Å². The highest BCUT2D eigenvalue weighted by Gasteiger charge is 2.15. The molecular formula is C15H22N4OS. The second kappa shape index (κ2) is 8.07. The van der Waals surface area contributed by atoms with Crippen molar-refractivity contribution in [3.8, 4) is 0 Å². The van der Waals surface area contributed by atoms with Crippen molar-refractivity contribution >= 4 is 16.5 Å². The van der Waals surface area contributed by atoms with Crippen LogP contribution in [0.5, 0.6) is 0 Å². The highest BCUT2D eigenvalue weighted by Crippen LogP contribution is 2.28. The van der Waals surface area contributed by atoms with Crippen LogP contribution in [-0.4, -0.2) is 30.7 Å². The maximum absolute atomic E-state index is 5.25. The molecule has 2 rings (SSSR count). The molecule has 0 atom stereocenters. The van der Waals surface area contributed by atoms with Gasteiger partial charge in [0.2, 0.25) is 0 Å². The molecule has 0 fully saturated rings. The Kier molecular flexibility index (Phi) is 6.10. The van der Waals surface area contributed by atoms with Crippen molar-refractivity contribution in [3.63, 3.8) is 0 Å². The van der Waals surface area contributed by atoms with Crippen molar-refractivity contribution in [1.29, 1.82) is 0 Å².